The third-order valence-electron chi connectivity index (χ3n) is 5.23. The van der Waals surface area contributed by atoms with Crippen molar-refractivity contribution in [2.75, 3.05) is 13.1 Å². The molecule has 1 heterocycles. The summed E-state index contributed by atoms with van der Waals surface area (Å²) >= 11 is 19.0. The van der Waals surface area contributed by atoms with Crippen LogP contribution in [0.1, 0.15) is 34.0 Å². The summed E-state index contributed by atoms with van der Waals surface area (Å²) < 4.78 is 6.29. The molecular formula is C24H20Cl3NO3. The predicted octanol–water partition coefficient (Wildman–Crippen LogP) is 6.02. The van der Waals surface area contributed by atoms with Gasteiger partial charge in [0.2, 0.25) is 0 Å². The van der Waals surface area contributed by atoms with Crippen molar-refractivity contribution in [2.24, 2.45) is 0 Å². The van der Waals surface area contributed by atoms with Crippen molar-refractivity contribution in [3.8, 4) is 5.75 Å². The van der Waals surface area contributed by atoms with Crippen molar-refractivity contribution in [1.29, 1.82) is 0 Å². The second kappa shape index (κ2) is 9.49. The van der Waals surface area contributed by atoms with E-state index in [9.17, 15) is 9.90 Å². The fraction of sp³-hybridized carbons (Fsp3) is 0.208. The number of hydrogen-bond donors (Lipinski definition) is 1. The number of benzene rings is 3. The number of rotatable bonds is 5. The maximum Gasteiger partial charge on any atom is 0.253 e. The lowest BCUT2D eigenvalue weighted by molar-refractivity contribution is 0.0765. The van der Waals surface area contributed by atoms with Crippen LogP contribution in [-0.2, 0) is 0 Å². The highest BCUT2D eigenvalue weighted by atomic mass is 35.5. The lowest BCUT2D eigenvalue weighted by Crippen LogP contribution is -2.29. The van der Waals surface area contributed by atoms with Crippen molar-refractivity contribution in [3.63, 3.8) is 0 Å². The van der Waals surface area contributed by atoms with Gasteiger partial charge in [0.05, 0.1) is 11.1 Å². The molecule has 0 spiro atoms. The molecular weight excluding hydrogens is 457 g/mol. The molecule has 1 aliphatic heterocycles. The quantitative estimate of drug-likeness (QED) is 0.490. The average Bonchev–Trinajstić information content (AvgIpc) is 3.20. The van der Waals surface area contributed by atoms with Crippen LogP contribution < -0.4 is 4.74 Å². The Morgan fingerprint density at radius 1 is 1.00 bits per heavy atom. The summed E-state index contributed by atoms with van der Waals surface area (Å²) in [6.07, 6.45) is -0.405. The van der Waals surface area contributed by atoms with Crippen molar-refractivity contribution >= 4 is 40.7 Å². The van der Waals surface area contributed by atoms with E-state index < -0.39 is 12.2 Å². The Morgan fingerprint density at radius 3 is 2.39 bits per heavy atom. The summed E-state index contributed by atoms with van der Waals surface area (Å²) in [5.41, 5.74) is 2.10. The van der Waals surface area contributed by atoms with E-state index in [4.69, 9.17) is 39.5 Å². The molecule has 0 bridgehead atoms. The smallest absolute Gasteiger partial charge is 0.253 e. The third-order valence-corrected chi connectivity index (χ3v) is 6.13. The number of nitrogens with zero attached hydrogens (tertiary/aromatic N) is 1. The summed E-state index contributed by atoms with van der Waals surface area (Å²) in [7, 11) is 0. The number of aliphatic hydroxyl groups is 1. The first-order valence-electron chi connectivity index (χ1n) is 9.86. The maximum absolute atomic E-state index is 12.7. The molecule has 1 saturated heterocycles. The lowest BCUT2D eigenvalue weighted by Gasteiger charge is -2.22. The van der Waals surface area contributed by atoms with Crippen LogP contribution in [0.5, 0.6) is 5.75 Å². The summed E-state index contributed by atoms with van der Waals surface area (Å²) in [6, 6.07) is 19.7. The number of hydrogen-bond acceptors (Lipinski definition) is 3. The molecule has 4 rings (SSSR count). The summed E-state index contributed by atoms with van der Waals surface area (Å²) in [5, 5.41) is 11.2. The van der Waals surface area contributed by atoms with E-state index in [-0.39, 0.29) is 5.91 Å². The summed E-state index contributed by atoms with van der Waals surface area (Å²) in [4.78, 5) is 14.3. The average molecular weight is 477 g/mol. The van der Waals surface area contributed by atoms with E-state index >= 15 is 0 Å². The topological polar surface area (TPSA) is 49.8 Å². The number of ether oxygens (including phenoxy) is 1. The Balaban J connectivity index is 1.63. The van der Waals surface area contributed by atoms with Gasteiger partial charge in [0.1, 0.15) is 5.75 Å². The SMILES string of the molecule is O=C(c1ccc(OC(c2ccc(Cl)cc2)c2ccccc2Cl)c(Cl)c1)N1CCC(O)C1. The monoisotopic (exact) mass is 475 g/mol. The van der Waals surface area contributed by atoms with Gasteiger partial charge in [0.15, 0.2) is 6.10 Å². The Kier molecular flexibility index (Phi) is 6.73. The molecule has 3 aromatic rings. The Hall–Kier alpha value is -2.24. The van der Waals surface area contributed by atoms with E-state index in [1.165, 1.54) is 0 Å². The van der Waals surface area contributed by atoms with Crippen LogP contribution in [0.4, 0.5) is 0 Å². The second-order valence-electron chi connectivity index (χ2n) is 7.41. The molecule has 3 aromatic carbocycles. The molecule has 4 nitrogen and oxygen atoms in total. The Morgan fingerprint density at radius 2 is 1.74 bits per heavy atom. The van der Waals surface area contributed by atoms with E-state index in [2.05, 4.69) is 0 Å². The molecule has 7 heteroatoms. The number of β-amino-alcohol motifs (C(OH)–C–C–N with tert-alkyl or cyclic N) is 1. The fourth-order valence-corrected chi connectivity index (χ4v) is 4.19. The third kappa shape index (κ3) is 4.99. The Labute approximate surface area is 195 Å². The van der Waals surface area contributed by atoms with Crippen LogP contribution in [-0.4, -0.2) is 35.1 Å². The van der Waals surface area contributed by atoms with Gasteiger partial charge >= 0.3 is 0 Å². The molecule has 0 radical (unpaired) electrons. The highest BCUT2D eigenvalue weighted by molar-refractivity contribution is 6.32. The molecule has 160 valence electrons. The minimum absolute atomic E-state index is 0.162. The van der Waals surface area contributed by atoms with Gasteiger partial charge in [-0.2, -0.15) is 0 Å². The van der Waals surface area contributed by atoms with E-state index in [0.29, 0.717) is 45.9 Å². The first-order valence-corrected chi connectivity index (χ1v) is 11.0. The molecule has 0 aromatic heterocycles. The van der Waals surface area contributed by atoms with Gasteiger partial charge in [-0.3, -0.25) is 4.79 Å². The zero-order chi connectivity index (χ0) is 22.0. The molecule has 1 aliphatic rings. The second-order valence-corrected chi connectivity index (χ2v) is 8.66. The van der Waals surface area contributed by atoms with Crippen molar-refractivity contribution in [2.45, 2.75) is 18.6 Å². The Bertz CT molecular complexity index is 1090. The number of likely N-dealkylation sites (tertiary alicyclic amines) is 1. The van der Waals surface area contributed by atoms with Crippen molar-refractivity contribution < 1.29 is 14.6 Å². The van der Waals surface area contributed by atoms with Crippen LogP contribution in [0.25, 0.3) is 0 Å². The molecule has 1 fully saturated rings. The number of aliphatic hydroxyl groups excluding tert-OH is 1. The van der Waals surface area contributed by atoms with E-state index in [1.807, 2.05) is 30.3 Å². The molecule has 1 amide bonds. The van der Waals surface area contributed by atoms with E-state index in [1.54, 1.807) is 41.3 Å². The lowest BCUT2D eigenvalue weighted by atomic mass is 10.0. The minimum Gasteiger partial charge on any atom is -0.479 e. The zero-order valence-electron chi connectivity index (χ0n) is 16.5. The number of carbonyl (C=O) groups is 1. The van der Waals surface area contributed by atoms with Gasteiger partial charge < -0.3 is 14.7 Å². The normalized spacial score (nSPS) is 16.9. The van der Waals surface area contributed by atoms with Crippen molar-refractivity contribution in [1.82, 2.24) is 4.90 Å². The standard InChI is InChI=1S/C24H20Cl3NO3/c25-17-8-5-15(6-9-17)23(19-3-1-2-4-20(19)26)31-22-10-7-16(13-21(22)27)24(30)28-12-11-18(29)14-28/h1-10,13,18,23,29H,11-12,14H2. The maximum atomic E-state index is 12.7. The molecule has 2 atom stereocenters. The van der Waals surface area contributed by atoms with Gasteiger partial charge in [-0.05, 0) is 48.4 Å². The van der Waals surface area contributed by atoms with Gasteiger partial charge in [0, 0.05) is 34.3 Å². The first kappa shape index (κ1) is 22.0. The number of amides is 1. The predicted molar refractivity (Wildman–Crippen MR) is 123 cm³/mol. The number of halogens is 3. The van der Waals surface area contributed by atoms with Gasteiger partial charge in [-0.25, -0.2) is 0 Å². The van der Waals surface area contributed by atoms with Crippen LogP contribution in [0.2, 0.25) is 15.1 Å². The highest BCUT2D eigenvalue weighted by Crippen LogP contribution is 2.36. The van der Waals surface area contributed by atoms with Crippen LogP contribution in [0, 0.1) is 0 Å². The summed E-state index contributed by atoms with van der Waals surface area (Å²) in [6.45, 7) is 0.862. The molecule has 31 heavy (non-hydrogen) atoms. The summed E-state index contributed by atoms with van der Waals surface area (Å²) in [5.74, 6) is 0.268. The van der Waals surface area contributed by atoms with Crippen LogP contribution in [0.3, 0.4) is 0 Å². The highest BCUT2D eigenvalue weighted by Gasteiger charge is 2.26. The first-order chi connectivity index (χ1) is 14.9. The largest absolute Gasteiger partial charge is 0.479 e. The fourth-order valence-electron chi connectivity index (χ4n) is 3.60. The molecule has 0 saturated carbocycles. The van der Waals surface area contributed by atoms with Gasteiger partial charge in [0.25, 0.3) is 5.91 Å². The zero-order valence-corrected chi connectivity index (χ0v) is 18.7. The molecule has 2 unspecified atom stereocenters. The number of carbonyl (C=O) groups excluding carboxylic acids is 1. The van der Waals surface area contributed by atoms with E-state index in [0.717, 1.165) is 11.1 Å². The minimum atomic E-state index is -0.515. The molecule has 0 aliphatic carbocycles. The van der Waals surface area contributed by atoms with Crippen LogP contribution >= 0.6 is 34.8 Å². The van der Waals surface area contributed by atoms with Gasteiger partial charge in [-0.15, -0.1) is 0 Å². The van der Waals surface area contributed by atoms with Crippen molar-refractivity contribution in [3.05, 3.63) is 98.5 Å². The molecule has 1 N–H and O–H groups in total. The van der Waals surface area contributed by atoms with Gasteiger partial charge in [-0.1, -0.05) is 65.1 Å². The van der Waals surface area contributed by atoms with Crippen LogP contribution in [0.15, 0.2) is 66.7 Å².